The number of carbonyl (C=O) groups excluding carboxylic acids is 1. The number of ether oxygens (including phenoxy) is 1. The number of hydrogen-bond acceptors (Lipinski definition) is 5. The van der Waals surface area contributed by atoms with E-state index in [4.69, 9.17) is 4.74 Å². The van der Waals surface area contributed by atoms with Crippen LogP contribution >= 0.6 is 0 Å². The minimum absolute atomic E-state index is 0.00352. The van der Waals surface area contributed by atoms with Crippen LogP contribution in [0.15, 0.2) is 12.4 Å². The van der Waals surface area contributed by atoms with Crippen LogP contribution < -0.4 is 5.32 Å². The zero-order valence-corrected chi connectivity index (χ0v) is 10.7. The zero-order valence-electron chi connectivity index (χ0n) is 10.7. The highest BCUT2D eigenvalue weighted by molar-refractivity contribution is 5.78. The molecule has 1 unspecified atom stereocenters. The first-order chi connectivity index (χ1) is 8.77. The topological polar surface area (TPSA) is 67.4 Å². The molecule has 1 aliphatic heterocycles. The molecule has 1 atom stereocenters. The molecule has 1 aliphatic rings. The van der Waals surface area contributed by atoms with Crippen molar-refractivity contribution in [3.8, 4) is 0 Å². The maximum absolute atomic E-state index is 12.0. The molecule has 1 saturated heterocycles. The first kappa shape index (κ1) is 12.8. The number of carbonyl (C=O) groups is 1. The van der Waals surface area contributed by atoms with E-state index in [2.05, 4.69) is 15.3 Å². The number of nitrogens with zero attached hydrogens (tertiary/aromatic N) is 3. The molecule has 1 N–H and O–H groups in total. The maximum atomic E-state index is 12.0. The summed E-state index contributed by atoms with van der Waals surface area (Å²) >= 11 is 0. The molecule has 0 saturated carbocycles. The highest BCUT2D eigenvalue weighted by Gasteiger charge is 2.32. The van der Waals surface area contributed by atoms with Crippen LogP contribution in [-0.2, 0) is 9.53 Å². The summed E-state index contributed by atoms with van der Waals surface area (Å²) in [6, 6.07) is 0.00352. The van der Waals surface area contributed by atoms with E-state index in [0.717, 1.165) is 30.9 Å². The van der Waals surface area contributed by atoms with Crippen LogP contribution in [0.5, 0.6) is 0 Å². The lowest BCUT2D eigenvalue weighted by Crippen LogP contribution is -2.34. The van der Waals surface area contributed by atoms with Crippen LogP contribution in [0, 0.1) is 0 Å². The van der Waals surface area contributed by atoms with E-state index < -0.39 is 0 Å². The van der Waals surface area contributed by atoms with Gasteiger partial charge in [0.15, 0.2) is 0 Å². The maximum Gasteiger partial charge on any atom is 0.249 e. The van der Waals surface area contributed by atoms with Crippen molar-refractivity contribution in [2.75, 3.05) is 32.6 Å². The largest absolute Gasteiger partial charge is 0.375 e. The number of methoxy groups -OCH3 is 1. The van der Waals surface area contributed by atoms with E-state index in [1.165, 1.54) is 7.11 Å². The van der Waals surface area contributed by atoms with Crippen molar-refractivity contribution in [2.45, 2.75) is 18.9 Å². The van der Waals surface area contributed by atoms with Gasteiger partial charge in [0.25, 0.3) is 0 Å². The van der Waals surface area contributed by atoms with E-state index in [9.17, 15) is 4.79 Å². The Hall–Kier alpha value is -1.69. The summed E-state index contributed by atoms with van der Waals surface area (Å²) < 4.78 is 4.91. The highest BCUT2D eigenvalue weighted by atomic mass is 16.5. The molecule has 1 aromatic rings. The molecule has 6 heteroatoms. The van der Waals surface area contributed by atoms with Crippen molar-refractivity contribution in [3.63, 3.8) is 0 Å². The van der Waals surface area contributed by atoms with Crippen LogP contribution in [0.4, 0.5) is 5.82 Å². The van der Waals surface area contributed by atoms with Gasteiger partial charge in [-0.05, 0) is 12.8 Å². The van der Waals surface area contributed by atoms with Gasteiger partial charge < -0.3 is 15.0 Å². The second kappa shape index (κ2) is 5.77. The van der Waals surface area contributed by atoms with E-state index in [1.807, 2.05) is 11.9 Å². The third-order valence-electron chi connectivity index (χ3n) is 3.12. The Morgan fingerprint density at radius 3 is 3.06 bits per heavy atom. The van der Waals surface area contributed by atoms with Crippen LogP contribution in [0.2, 0.25) is 0 Å². The third-order valence-corrected chi connectivity index (χ3v) is 3.12. The van der Waals surface area contributed by atoms with Crippen molar-refractivity contribution < 1.29 is 9.53 Å². The smallest absolute Gasteiger partial charge is 0.249 e. The summed E-state index contributed by atoms with van der Waals surface area (Å²) in [5.41, 5.74) is 0.835. The number of hydrogen-bond donors (Lipinski definition) is 1. The number of likely N-dealkylation sites (tertiary alicyclic amines) is 1. The van der Waals surface area contributed by atoms with E-state index in [0.29, 0.717) is 0 Å². The molecule has 0 aromatic carbocycles. The predicted molar refractivity (Wildman–Crippen MR) is 67.1 cm³/mol. The van der Waals surface area contributed by atoms with E-state index in [1.54, 1.807) is 12.4 Å². The minimum Gasteiger partial charge on any atom is -0.375 e. The summed E-state index contributed by atoms with van der Waals surface area (Å²) in [7, 11) is 3.34. The standard InChI is InChI=1S/C12H18N4O2/c1-13-12-11(14-5-6-15-12)9-4-3-7-16(9)10(17)8-18-2/h5-6,9H,3-4,7-8H2,1-2H3,(H,13,15). The molecule has 6 nitrogen and oxygen atoms in total. The average molecular weight is 250 g/mol. The normalized spacial score (nSPS) is 19.0. The van der Waals surface area contributed by atoms with Crippen molar-refractivity contribution >= 4 is 11.7 Å². The Balaban J connectivity index is 2.23. The molecule has 0 aliphatic carbocycles. The molecule has 0 radical (unpaired) electrons. The van der Waals surface area contributed by atoms with Gasteiger partial charge in [-0.15, -0.1) is 0 Å². The second-order valence-electron chi connectivity index (χ2n) is 4.22. The molecule has 18 heavy (non-hydrogen) atoms. The lowest BCUT2D eigenvalue weighted by molar-refractivity contribution is -0.136. The van der Waals surface area contributed by atoms with Crippen molar-refractivity contribution in [3.05, 3.63) is 18.1 Å². The first-order valence-corrected chi connectivity index (χ1v) is 6.05. The molecular formula is C12H18N4O2. The van der Waals surface area contributed by atoms with Gasteiger partial charge in [-0.1, -0.05) is 0 Å². The average Bonchev–Trinajstić information content (AvgIpc) is 2.88. The molecule has 1 amide bonds. The summed E-state index contributed by atoms with van der Waals surface area (Å²) in [5, 5.41) is 3.02. The Kier molecular flexibility index (Phi) is 4.09. The summed E-state index contributed by atoms with van der Waals surface area (Å²) in [6.45, 7) is 0.873. The molecular weight excluding hydrogens is 232 g/mol. The summed E-state index contributed by atoms with van der Waals surface area (Å²) in [5.74, 6) is 0.743. The van der Waals surface area contributed by atoms with Gasteiger partial charge in [0.2, 0.25) is 5.91 Å². The Morgan fingerprint density at radius 1 is 1.56 bits per heavy atom. The summed E-state index contributed by atoms with van der Waals surface area (Å²) in [4.78, 5) is 22.4. The van der Waals surface area contributed by atoms with Gasteiger partial charge in [-0.2, -0.15) is 0 Å². The molecule has 1 aromatic heterocycles. The molecule has 98 valence electrons. The predicted octanol–water partition coefficient (Wildman–Crippen LogP) is 0.828. The molecule has 2 heterocycles. The lowest BCUT2D eigenvalue weighted by atomic mass is 10.1. The SMILES string of the molecule is CNc1nccnc1C1CCCN1C(=O)COC. The fraction of sp³-hybridized carbons (Fsp3) is 0.583. The number of amides is 1. The Morgan fingerprint density at radius 2 is 2.33 bits per heavy atom. The monoisotopic (exact) mass is 250 g/mol. The lowest BCUT2D eigenvalue weighted by Gasteiger charge is -2.25. The minimum atomic E-state index is 0.00352. The van der Waals surface area contributed by atoms with Crippen molar-refractivity contribution in [2.24, 2.45) is 0 Å². The molecule has 2 rings (SSSR count). The number of rotatable bonds is 4. The number of anilines is 1. The highest BCUT2D eigenvalue weighted by Crippen LogP contribution is 2.33. The van der Waals surface area contributed by atoms with Crippen LogP contribution in [-0.4, -0.2) is 48.1 Å². The second-order valence-corrected chi connectivity index (χ2v) is 4.22. The van der Waals surface area contributed by atoms with Gasteiger partial charge >= 0.3 is 0 Å². The summed E-state index contributed by atoms with van der Waals surface area (Å²) in [6.07, 6.45) is 5.21. The Labute approximate surface area is 106 Å². The van der Waals surface area contributed by atoms with Gasteiger partial charge in [-0.25, -0.2) is 4.98 Å². The first-order valence-electron chi connectivity index (χ1n) is 6.05. The zero-order chi connectivity index (χ0) is 13.0. The van der Waals surface area contributed by atoms with Crippen LogP contribution in [0.1, 0.15) is 24.6 Å². The van der Waals surface area contributed by atoms with Gasteiger partial charge in [0, 0.05) is 33.1 Å². The number of nitrogens with one attached hydrogen (secondary N) is 1. The van der Waals surface area contributed by atoms with Gasteiger partial charge in [-0.3, -0.25) is 9.78 Å². The third kappa shape index (κ3) is 2.43. The molecule has 1 fully saturated rings. The van der Waals surface area contributed by atoms with E-state index in [-0.39, 0.29) is 18.6 Å². The quantitative estimate of drug-likeness (QED) is 0.857. The molecule has 0 bridgehead atoms. The van der Waals surface area contributed by atoms with E-state index >= 15 is 0 Å². The van der Waals surface area contributed by atoms with Crippen molar-refractivity contribution in [1.82, 2.24) is 14.9 Å². The fourth-order valence-electron chi connectivity index (χ4n) is 2.34. The molecule has 0 spiro atoms. The Bertz CT molecular complexity index is 424. The van der Waals surface area contributed by atoms with Gasteiger partial charge in [0.1, 0.15) is 18.1 Å². The fourth-order valence-corrected chi connectivity index (χ4v) is 2.34. The number of aromatic nitrogens is 2. The van der Waals surface area contributed by atoms with Crippen LogP contribution in [0.3, 0.4) is 0 Å². The van der Waals surface area contributed by atoms with Gasteiger partial charge in [0.05, 0.1) is 6.04 Å². The van der Waals surface area contributed by atoms with Crippen molar-refractivity contribution in [1.29, 1.82) is 0 Å². The van der Waals surface area contributed by atoms with Crippen LogP contribution in [0.25, 0.3) is 0 Å².